The first kappa shape index (κ1) is 15.0. The standard InChI is InChI=1S/C13H18F3NO/c1-3-12(2,9-18)17-8-10-5-4-6-11(7-10)13(14,15)16/h4-7,17-18H,3,8-9H2,1-2H3. The predicted molar refractivity (Wildman–Crippen MR) is 64.1 cm³/mol. The van der Waals surface area contributed by atoms with E-state index in [1.54, 1.807) is 6.07 Å². The molecule has 0 heterocycles. The van der Waals surface area contributed by atoms with Gasteiger partial charge in [-0.25, -0.2) is 0 Å². The Kier molecular flexibility index (Phi) is 4.76. The molecule has 0 fully saturated rings. The van der Waals surface area contributed by atoms with Crippen LogP contribution in [0.15, 0.2) is 24.3 Å². The summed E-state index contributed by atoms with van der Waals surface area (Å²) in [5.74, 6) is 0. The van der Waals surface area contributed by atoms with Gasteiger partial charge in [0, 0.05) is 12.1 Å². The van der Waals surface area contributed by atoms with Crippen LogP contribution in [-0.4, -0.2) is 17.3 Å². The van der Waals surface area contributed by atoms with Crippen molar-refractivity contribution < 1.29 is 18.3 Å². The van der Waals surface area contributed by atoms with Crippen molar-refractivity contribution in [3.63, 3.8) is 0 Å². The second-order valence-corrected chi connectivity index (χ2v) is 4.62. The molecule has 18 heavy (non-hydrogen) atoms. The summed E-state index contributed by atoms with van der Waals surface area (Å²) in [4.78, 5) is 0. The number of hydrogen-bond acceptors (Lipinski definition) is 2. The molecule has 0 amide bonds. The summed E-state index contributed by atoms with van der Waals surface area (Å²) in [6, 6.07) is 5.20. The fraction of sp³-hybridized carbons (Fsp3) is 0.538. The molecule has 1 aromatic carbocycles. The average Bonchev–Trinajstić information content (AvgIpc) is 2.35. The summed E-state index contributed by atoms with van der Waals surface area (Å²) in [6.07, 6.45) is -3.62. The molecule has 0 bridgehead atoms. The molecule has 0 aliphatic heterocycles. The van der Waals surface area contributed by atoms with Gasteiger partial charge in [-0.15, -0.1) is 0 Å². The molecular formula is C13H18F3NO. The Balaban J connectivity index is 2.75. The highest BCUT2D eigenvalue weighted by molar-refractivity contribution is 5.25. The smallest absolute Gasteiger partial charge is 0.394 e. The Labute approximate surface area is 105 Å². The second kappa shape index (κ2) is 5.71. The fourth-order valence-corrected chi connectivity index (χ4v) is 1.47. The van der Waals surface area contributed by atoms with E-state index in [9.17, 15) is 18.3 Å². The highest BCUT2D eigenvalue weighted by atomic mass is 19.4. The first-order valence-corrected chi connectivity index (χ1v) is 5.83. The first-order chi connectivity index (χ1) is 8.30. The lowest BCUT2D eigenvalue weighted by atomic mass is 9.99. The van der Waals surface area contributed by atoms with Gasteiger partial charge in [-0.05, 0) is 25.0 Å². The molecule has 0 spiro atoms. The molecule has 2 nitrogen and oxygen atoms in total. The topological polar surface area (TPSA) is 32.3 Å². The van der Waals surface area contributed by atoms with Crippen molar-refractivity contribution in [3.8, 4) is 0 Å². The maximum Gasteiger partial charge on any atom is 0.416 e. The van der Waals surface area contributed by atoms with E-state index in [1.807, 2.05) is 13.8 Å². The summed E-state index contributed by atoms with van der Waals surface area (Å²) in [5, 5.41) is 12.3. The lowest BCUT2D eigenvalue weighted by Crippen LogP contribution is -2.44. The minimum Gasteiger partial charge on any atom is -0.394 e. The molecule has 0 aliphatic carbocycles. The Bertz CT molecular complexity index is 386. The van der Waals surface area contributed by atoms with Crippen LogP contribution in [0, 0.1) is 0 Å². The maximum absolute atomic E-state index is 12.5. The van der Waals surface area contributed by atoms with Gasteiger partial charge in [-0.1, -0.05) is 25.1 Å². The van der Waals surface area contributed by atoms with Crippen LogP contribution in [0.25, 0.3) is 0 Å². The first-order valence-electron chi connectivity index (χ1n) is 5.83. The summed E-state index contributed by atoms with van der Waals surface area (Å²) in [7, 11) is 0. The summed E-state index contributed by atoms with van der Waals surface area (Å²) < 4.78 is 37.5. The zero-order valence-electron chi connectivity index (χ0n) is 10.5. The quantitative estimate of drug-likeness (QED) is 0.854. The van der Waals surface area contributed by atoms with E-state index in [1.165, 1.54) is 6.07 Å². The van der Waals surface area contributed by atoms with E-state index in [0.29, 0.717) is 18.5 Å². The van der Waals surface area contributed by atoms with Gasteiger partial charge in [0.15, 0.2) is 0 Å². The number of alkyl halides is 3. The van der Waals surface area contributed by atoms with Crippen molar-refractivity contribution in [1.29, 1.82) is 0 Å². The monoisotopic (exact) mass is 261 g/mol. The van der Waals surface area contributed by atoms with E-state index < -0.39 is 17.3 Å². The number of aliphatic hydroxyl groups excluding tert-OH is 1. The largest absolute Gasteiger partial charge is 0.416 e. The molecule has 0 aliphatic rings. The van der Waals surface area contributed by atoms with Crippen LogP contribution in [-0.2, 0) is 12.7 Å². The molecule has 5 heteroatoms. The number of hydrogen-bond donors (Lipinski definition) is 2. The van der Waals surface area contributed by atoms with E-state index in [0.717, 1.165) is 12.1 Å². The molecule has 0 radical (unpaired) electrons. The average molecular weight is 261 g/mol. The van der Waals surface area contributed by atoms with Gasteiger partial charge in [0.25, 0.3) is 0 Å². The fourth-order valence-electron chi connectivity index (χ4n) is 1.47. The molecule has 1 aromatic rings. The molecule has 1 unspecified atom stereocenters. The number of halogens is 3. The molecule has 102 valence electrons. The van der Waals surface area contributed by atoms with Crippen LogP contribution in [0.2, 0.25) is 0 Å². The van der Waals surface area contributed by atoms with Crippen LogP contribution in [0.5, 0.6) is 0 Å². The van der Waals surface area contributed by atoms with Crippen LogP contribution in [0.3, 0.4) is 0 Å². The van der Waals surface area contributed by atoms with E-state index in [2.05, 4.69) is 5.32 Å². The lowest BCUT2D eigenvalue weighted by molar-refractivity contribution is -0.137. The van der Waals surface area contributed by atoms with Gasteiger partial charge in [-0.3, -0.25) is 0 Å². The third-order valence-corrected chi connectivity index (χ3v) is 3.10. The Morgan fingerprint density at radius 3 is 2.44 bits per heavy atom. The van der Waals surface area contributed by atoms with Crippen molar-refractivity contribution in [3.05, 3.63) is 35.4 Å². The number of aliphatic hydroxyl groups is 1. The van der Waals surface area contributed by atoms with Crippen molar-refractivity contribution in [1.82, 2.24) is 5.32 Å². The van der Waals surface area contributed by atoms with Gasteiger partial charge in [0.1, 0.15) is 0 Å². The third kappa shape index (κ3) is 3.99. The predicted octanol–water partition coefficient (Wildman–Crippen LogP) is 2.96. The van der Waals surface area contributed by atoms with Crippen molar-refractivity contribution in [2.45, 2.75) is 38.5 Å². The molecule has 1 atom stereocenters. The van der Waals surface area contributed by atoms with E-state index >= 15 is 0 Å². The van der Waals surface area contributed by atoms with Crippen LogP contribution in [0.1, 0.15) is 31.4 Å². The highest BCUT2D eigenvalue weighted by Gasteiger charge is 2.30. The maximum atomic E-state index is 12.5. The molecule has 2 N–H and O–H groups in total. The zero-order valence-corrected chi connectivity index (χ0v) is 10.5. The van der Waals surface area contributed by atoms with Crippen LogP contribution >= 0.6 is 0 Å². The summed E-state index contributed by atoms with van der Waals surface area (Å²) >= 11 is 0. The molecule has 1 rings (SSSR count). The molecule has 0 saturated heterocycles. The minimum absolute atomic E-state index is 0.0531. The van der Waals surface area contributed by atoms with Crippen molar-refractivity contribution in [2.75, 3.05) is 6.61 Å². The number of rotatable bonds is 5. The Morgan fingerprint density at radius 1 is 1.28 bits per heavy atom. The van der Waals surface area contributed by atoms with E-state index in [4.69, 9.17) is 0 Å². The Morgan fingerprint density at radius 2 is 1.94 bits per heavy atom. The number of benzene rings is 1. The molecule has 0 saturated carbocycles. The SMILES string of the molecule is CCC(C)(CO)NCc1cccc(C(F)(F)F)c1. The van der Waals surface area contributed by atoms with Crippen LogP contribution in [0.4, 0.5) is 13.2 Å². The third-order valence-electron chi connectivity index (χ3n) is 3.10. The van der Waals surface area contributed by atoms with Crippen molar-refractivity contribution in [2.24, 2.45) is 0 Å². The van der Waals surface area contributed by atoms with Crippen molar-refractivity contribution >= 4 is 0 Å². The zero-order chi connectivity index (χ0) is 13.8. The highest BCUT2D eigenvalue weighted by Crippen LogP contribution is 2.29. The minimum atomic E-state index is -4.32. The van der Waals surface area contributed by atoms with Gasteiger partial charge in [0.05, 0.1) is 12.2 Å². The summed E-state index contributed by atoms with van der Waals surface area (Å²) in [5.41, 5.74) is -0.559. The van der Waals surface area contributed by atoms with Gasteiger partial charge in [0.2, 0.25) is 0 Å². The summed E-state index contributed by atoms with van der Waals surface area (Å²) in [6.45, 7) is 3.99. The van der Waals surface area contributed by atoms with Gasteiger partial charge in [-0.2, -0.15) is 13.2 Å². The van der Waals surface area contributed by atoms with Crippen LogP contribution < -0.4 is 5.32 Å². The van der Waals surface area contributed by atoms with E-state index in [-0.39, 0.29) is 6.61 Å². The Hall–Kier alpha value is -1.07. The van der Waals surface area contributed by atoms with Gasteiger partial charge < -0.3 is 10.4 Å². The molecule has 0 aromatic heterocycles. The normalized spacial score (nSPS) is 15.4. The molecular weight excluding hydrogens is 243 g/mol. The lowest BCUT2D eigenvalue weighted by Gasteiger charge is -2.27. The number of nitrogens with one attached hydrogen (secondary N) is 1. The van der Waals surface area contributed by atoms with Gasteiger partial charge >= 0.3 is 6.18 Å². The second-order valence-electron chi connectivity index (χ2n) is 4.62.